The van der Waals surface area contributed by atoms with Crippen molar-refractivity contribution in [2.24, 2.45) is 0 Å². The molecule has 3 nitrogen and oxygen atoms in total. The highest BCUT2D eigenvalue weighted by Crippen LogP contribution is 2.29. The molecule has 0 aliphatic carbocycles. The second-order valence-electron chi connectivity index (χ2n) is 4.57. The lowest BCUT2D eigenvalue weighted by atomic mass is 10.1. The molecule has 0 radical (unpaired) electrons. The Kier molecular flexibility index (Phi) is 2.52. The number of rotatable bonds is 1. The van der Waals surface area contributed by atoms with Gasteiger partial charge in [-0.25, -0.2) is 4.39 Å². The van der Waals surface area contributed by atoms with Crippen LogP contribution in [0.25, 0.3) is 11.0 Å². The van der Waals surface area contributed by atoms with E-state index in [2.05, 4.69) is 17.1 Å². The second-order valence-corrected chi connectivity index (χ2v) is 4.57. The summed E-state index contributed by atoms with van der Waals surface area (Å²) in [5, 5.41) is 4.20. The Morgan fingerprint density at radius 1 is 1.47 bits per heavy atom. The lowest BCUT2D eigenvalue weighted by Crippen LogP contribution is -2.49. The van der Waals surface area contributed by atoms with E-state index in [-0.39, 0.29) is 5.82 Å². The molecule has 90 valence electrons. The van der Waals surface area contributed by atoms with Crippen molar-refractivity contribution in [1.82, 2.24) is 5.32 Å². The van der Waals surface area contributed by atoms with Crippen LogP contribution in [-0.4, -0.2) is 25.7 Å². The van der Waals surface area contributed by atoms with Crippen LogP contribution in [0.3, 0.4) is 0 Å². The third-order valence-electron chi connectivity index (χ3n) is 3.21. The highest BCUT2D eigenvalue weighted by atomic mass is 19.1. The summed E-state index contributed by atoms with van der Waals surface area (Å²) in [5.74, 6) is -0.208. The van der Waals surface area contributed by atoms with Crippen LogP contribution >= 0.6 is 0 Å². The molecule has 1 aliphatic heterocycles. The summed E-state index contributed by atoms with van der Waals surface area (Å²) in [7, 11) is 0. The molecule has 4 heteroatoms. The van der Waals surface area contributed by atoms with Gasteiger partial charge in [0.15, 0.2) is 5.58 Å². The van der Waals surface area contributed by atoms with E-state index in [4.69, 9.17) is 4.42 Å². The van der Waals surface area contributed by atoms with Gasteiger partial charge in [0, 0.05) is 37.1 Å². The fourth-order valence-corrected chi connectivity index (χ4v) is 2.41. The van der Waals surface area contributed by atoms with E-state index < -0.39 is 0 Å². The maximum absolute atomic E-state index is 13.5. The van der Waals surface area contributed by atoms with Crippen LogP contribution in [0, 0.1) is 5.82 Å². The van der Waals surface area contributed by atoms with Gasteiger partial charge >= 0.3 is 0 Å². The standard InChI is InChI=1S/C13H15FN2O/c1-9-8-16(4-3-15-9)12-7-11(14)6-10-2-5-17-13(10)12/h2,5-7,9,15H,3-4,8H2,1H3. The van der Waals surface area contributed by atoms with E-state index in [1.807, 2.05) is 0 Å². The smallest absolute Gasteiger partial charge is 0.157 e. The van der Waals surface area contributed by atoms with Gasteiger partial charge < -0.3 is 14.6 Å². The lowest BCUT2D eigenvalue weighted by molar-refractivity contribution is 0.482. The van der Waals surface area contributed by atoms with E-state index in [0.717, 1.165) is 36.3 Å². The summed E-state index contributed by atoms with van der Waals surface area (Å²) in [6, 6.07) is 5.28. The van der Waals surface area contributed by atoms with Crippen molar-refractivity contribution in [2.45, 2.75) is 13.0 Å². The predicted molar refractivity (Wildman–Crippen MR) is 65.8 cm³/mol. The number of anilines is 1. The summed E-state index contributed by atoms with van der Waals surface area (Å²) in [6.07, 6.45) is 1.61. The Morgan fingerprint density at radius 3 is 3.18 bits per heavy atom. The molecule has 0 saturated carbocycles. The van der Waals surface area contributed by atoms with Gasteiger partial charge in [0.25, 0.3) is 0 Å². The Balaban J connectivity index is 2.06. The number of halogens is 1. The predicted octanol–water partition coefficient (Wildman–Crippen LogP) is 2.37. The van der Waals surface area contributed by atoms with Crippen molar-refractivity contribution in [1.29, 1.82) is 0 Å². The van der Waals surface area contributed by atoms with E-state index in [1.54, 1.807) is 18.4 Å². The minimum atomic E-state index is -0.208. The average Bonchev–Trinajstić information content (AvgIpc) is 2.75. The molecule has 0 amide bonds. The SMILES string of the molecule is CC1CN(c2cc(F)cc3ccoc23)CCN1. The second kappa shape index (κ2) is 4.04. The van der Waals surface area contributed by atoms with Gasteiger partial charge in [0.2, 0.25) is 0 Å². The van der Waals surface area contributed by atoms with Crippen LogP contribution in [0.2, 0.25) is 0 Å². The van der Waals surface area contributed by atoms with E-state index in [1.165, 1.54) is 6.07 Å². The molecular formula is C13H15FN2O. The van der Waals surface area contributed by atoms with Crippen LogP contribution in [-0.2, 0) is 0 Å². The van der Waals surface area contributed by atoms with Crippen molar-refractivity contribution >= 4 is 16.7 Å². The van der Waals surface area contributed by atoms with Crippen molar-refractivity contribution in [3.05, 3.63) is 30.3 Å². The first kappa shape index (κ1) is 10.6. The monoisotopic (exact) mass is 234 g/mol. The molecule has 1 aromatic carbocycles. The third kappa shape index (κ3) is 1.89. The normalized spacial score (nSPS) is 21.1. The van der Waals surface area contributed by atoms with Crippen molar-refractivity contribution in [2.75, 3.05) is 24.5 Å². The van der Waals surface area contributed by atoms with Crippen LogP contribution in [0.1, 0.15) is 6.92 Å². The van der Waals surface area contributed by atoms with Gasteiger partial charge in [-0.15, -0.1) is 0 Å². The summed E-state index contributed by atoms with van der Waals surface area (Å²) in [5.41, 5.74) is 1.64. The largest absolute Gasteiger partial charge is 0.462 e. The fourth-order valence-electron chi connectivity index (χ4n) is 2.41. The zero-order valence-electron chi connectivity index (χ0n) is 9.74. The fraction of sp³-hybridized carbons (Fsp3) is 0.385. The molecule has 2 heterocycles. The van der Waals surface area contributed by atoms with E-state index >= 15 is 0 Å². The first-order chi connectivity index (χ1) is 8.24. The molecule has 2 aromatic rings. The number of furan rings is 1. The molecule has 1 atom stereocenters. The average molecular weight is 234 g/mol. The van der Waals surface area contributed by atoms with E-state index in [9.17, 15) is 4.39 Å². The molecule has 0 spiro atoms. The molecule has 1 saturated heterocycles. The molecule has 0 bridgehead atoms. The molecule has 3 rings (SSSR count). The quantitative estimate of drug-likeness (QED) is 0.821. The van der Waals surface area contributed by atoms with E-state index in [0.29, 0.717) is 6.04 Å². The molecule has 1 aromatic heterocycles. The van der Waals surface area contributed by atoms with Crippen LogP contribution < -0.4 is 10.2 Å². The number of piperazine rings is 1. The zero-order valence-corrected chi connectivity index (χ0v) is 9.74. The Hall–Kier alpha value is -1.55. The number of benzene rings is 1. The zero-order chi connectivity index (χ0) is 11.8. The van der Waals surface area contributed by atoms with Crippen LogP contribution in [0.15, 0.2) is 28.9 Å². The van der Waals surface area contributed by atoms with Gasteiger partial charge in [-0.2, -0.15) is 0 Å². The maximum atomic E-state index is 13.5. The molecule has 1 unspecified atom stereocenters. The molecule has 1 aliphatic rings. The Morgan fingerprint density at radius 2 is 2.35 bits per heavy atom. The number of fused-ring (bicyclic) bond motifs is 1. The Labute approximate surface area is 99.2 Å². The van der Waals surface area contributed by atoms with Gasteiger partial charge in [-0.05, 0) is 19.1 Å². The van der Waals surface area contributed by atoms with Crippen molar-refractivity contribution in [3.63, 3.8) is 0 Å². The first-order valence-corrected chi connectivity index (χ1v) is 5.89. The maximum Gasteiger partial charge on any atom is 0.157 e. The third-order valence-corrected chi connectivity index (χ3v) is 3.21. The number of nitrogens with one attached hydrogen (secondary N) is 1. The highest BCUT2D eigenvalue weighted by Gasteiger charge is 2.19. The lowest BCUT2D eigenvalue weighted by Gasteiger charge is -2.33. The summed E-state index contributed by atoms with van der Waals surface area (Å²) >= 11 is 0. The summed E-state index contributed by atoms with van der Waals surface area (Å²) in [6.45, 7) is 4.80. The highest BCUT2D eigenvalue weighted by molar-refractivity contribution is 5.89. The summed E-state index contributed by atoms with van der Waals surface area (Å²) < 4.78 is 19.0. The number of nitrogens with zero attached hydrogens (tertiary/aromatic N) is 1. The minimum Gasteiger partial charge on any atom is -0.462 e. The molecule has 17 heavy (non-hydrogen) atoms. The van der Waals surface area contributed by atoms with Crippen LogP contribution in [0.5, 0.6) is 0 Å². The molecular weight excluding hydrogens is 219 g/mol. The minimum absolute atomic E-state index is 0.208. The Bertz CT molecular complexity index is 537. The topological polar surface area (TPSA) is 28.4 Å². The van der Waals surface area contributed by atoms with Crippen molar-refractivity contribution in [3.8, 4) is 0 Å². The molecule has 1 N–H and O–H groups in total. The van der Waals surface area contributed by atoms with Crippen molar-refractivity contribution < 1.29 is 8.81 Å². The van der Waals surface area contributed by atoms with Gasteiger partial charge in [0.1, 0.15) is 5.82 Å². The molecule has 1 fully saturated rings. The first-order valence-electron chi connectivity index (χ1n) is 5.89. The number of hydrogen-bond donors (Lipinski definition) is 1. The van der Waals surface area contributed by atoms with Crippen LogP contribution in [0.4, 0.5) is 10.1 Å². The summed E-state index contributed by atoms with van der Waals surface area (Å²) in [4.78, 5) is 2.18. The van der Waals surface area contributed by atoms with Gasteiger partial charge in [-0.3, -0.25) is 0 Å². The van der Waals surface area contributed by atoms with Gasteiger partial charge in [0.05, 0.1) is 12.0 Å². The number of hydrogen-bond acceptors (Lipinski definition) is 3. The van der Waals surface area contributed by atoms with Gasteiger partial charge in [-0.1, -0.05) is 0 Å².